The van der Waals surface area contributed by atoms with Crippen LogP contribution < -0.4 is 5.32 Å². The standard InChI is InChI=1S/C14H23N3/c1-11-4-5-13(15-8-11)9-16-14-6-7-17(3)10-12(14)2/h4-5,8,12,14,16H,6-7,9-10H2,1-3H3. The summed E-state index contributed by atoms with van der Waals surface area (Å²) in [5.74, 6) is 0.721. The third-order valence-electron chi connectivity index (χ3n) is 3.63. The van der Waals surface area contributed by atoms with Crippen LogP contribution in [0.2, 0.25) is 0 Å². The van der Waals surface area contributed by atoms with Crippen LogP contribution in [0, 0.1) is 12.8 Å². The van der Waals surface area contributed by atoms with E-state index in [-0.39, 0.29) is 0 Å². The molecule has 2 atom stereocenters. The van der Waals surface area contributed by atoms with Gasteiger partial charge in [-0.05, 0) is 44.5 Å². The van der Waals surface area contributed by atoms with Crippen molar-refractivity contribution in [2.24, 2.45) is 5.92 Å². The molecular formula is C14H23N3. The third kappa shape index (κ3) is 3.51. The van der Waals surface area contributed by atoms with Crippen molar-refractivity contribution in [2.75, 3.05) is 20.1 Å². The summed E-state index contributed by atoms with van der Waals surface area (Å²) in [5.41, 5.74) is 2.36. The van der Waals surface area contributed by atoms with E-state index in [1.54, 1.807) is 0 Å². The fourth-order valence-corrected chi connectivity index (χ4v) is 2.50. The molecule has 17 heavy (non-hydrogen) atoms. The summed E-state index contributed by atoms with van der Waals surface area (Å²) in [6, 6.07) is 4.87. The topological polar surface area (TPSA) is 28.2 Å². The second kappa shape index (κ2) is 5.61. The fourth-order valence-electron chi connectivity index (χ4n) is 2.50. The zero-order valence-corrected chi connectivity index (χ0v) is 11.1. The van der Waals surface area contributed by atoms with E-state index in [1.807, 2.05) is 6.20 Å². The molecule has 2 rings (SSSR count). The average Bonchev–Trinajstić information content (AvgIpc) is 2.30. The number of rotatable bonds is 3. The molecule has 0 bridgehead atoms. The van der Waals surface area contributed by atoms with Crippen molar-refractivity contribution in [3.8, 4) is 0 Å². The Bertz CT molecular complexity index is 347. The normalized spacial score (nSPS) is 26.1. The third-order valence-corrected chi connectivity index (χ3v) is 3.63. The predicted molar refractivity (Wildman–Crippen MR) is 70.9 cm³/mol. The number of likely N-dealkylation sites (tertiary alicyclic amines) is 1. The first-order valence-electron chi connectivity index (χ1n) is 6.48. The Kier molecular flexibility index (Phi) is 4.13. The molecule has 0 aliphatic carbocycles. The van der Waals surface area contributed by atoms with Gasteiger partial charge in [-0.1, -0.05) is 13.0 Å². The van der Waals surface area contributed by atoms with Crippen LogP contribution >= 0.6 is 0 Å². The number of piperidine rings is 1. The smallest absolute Gasteiger partial charge is 0.0541 e. The maximum absolute atomic E-state index is 4.43. The Morgan fingerprint density at radius 1 is 1.47 bits per heavy atom. The Morgan fingerprint density at radius 3 is 2.94 bits per heavy atom. The van der Waals surface area contributed by atoms with Crippen LogP contribution in [-0.4, -0.2) is 36.1 Å². The molecule has 0 spiro atoms. The van der Waals surface area contributed by atoms with Crippen LogP contribution in [0.1, 0.15) is 24.6 Å². The first-order valence-corrected chi connectivity index (χ1v) is 6.48. The van der Waals surface area contributed by atoms with Gasteiger partial charge in [-0.3, -0.25) is 4.98 Å². The lowest BCUT2D eigenvalue weighted by Gasteiger charge is -2.35. The van der Waals surface area contributed by atoms with Crippen molar-refractivity contribution in [3.63, 3.8) is 0 Å². The van der Waals surface area contributed by atoms with Gasteiger partial charge in [0.15, 0.2) is 0 Å². The maximum atomic E-state index is 4.43. The minimum atomic E-state index is 0.634. The molecule has 3 nitrogen and oxygen atoms in total. The van der Waals surface area contributed by atoms with Gasteiger partial charge in [0, 0.05) is 25.3 Å². The largest absolute Gasteiger partial charge is 0.308 e. The van der Waals surface area contributed by atoms with Crippen LogP contribution in [-0.2, 0) is 6.54 Å². The summed E-state index contributed by atoms with van der Waals surface area (Å²) >= 11 is 0. The Hall–Kier alpha value is -0.930. The number of nitrogens with one attached hydrogen (secondary N) is 1. The highest BCUT2D eigenvalue weighted by molar-refractivity contribution is 5.12. The predicted octanol–water partition coefficient (Wildman–Crippen LogP) is 1.82. The van der Waals surface area contributed by atoms with E-state index in [0.29, 0.717) is 6.04 Å². The summed E-state index contributed by atoms with van der Waals surface area (Å²) in [4.78, 5) is 6.84. The monoisotopic (exact) mass is 233 g/mol. The number of aryl methyl sites for hydroxylation is 1. The van der Waals surface area contributed by atoms with Crippen molar-refractivity contribution in [2.45, 2.75) is 32.9 Å². The van der Waals surface area contributed by atoms with E-state index in [9.17, 15) is 0 Å². The molecule has 2 heterocycles. The fraction of sp³-hybridized carbons (Fsp3) is 0.643. The molecule has 1 aromatic rings. The van der Waals surface area contributed by atoms with Crippen molar-refractivity contribution in [3.05, 3.63) is 29.6 Å². The highest BCUT2D eigenvalue weighted by atomic mass is 15.1. The van der Waals surface area contributed by atoms with Crippen LogP contribution in [0.3, 0.4) is 0 Å². The van der Waals surface area contributed by atoms with E-state index < -0.39 is 0 Å². The molecule has 1 aliphatic heterocycles. The second-order valence-electron chi connectivity index (χ2n) is 5.34. The summed E-state index contributed by atoms with van der Waals surface area (Å²) in [7, 11) is 2.20. The molecule has 1 aliphatic rings. The van der Waals surface area contributed by atoms with Gasteiger partial charge in [0.05, 0.1) is 5.69 Å². The molecule has 1 aromatic heterocycles. The molecule has 0 aromatic carbocycles. The average molecular weight is 233 g/mol. The maximum Gasteiger partial charge on any atom is 0.0541 e. The number of hydrogen-bond acceptors (Lipinski definition) is 3. The minimum absolute atomic E-state index is 0.634. The van der Waals surface area contributed by atoms with Gasteiger partial charge in [0.25, 0.3) is 0 Å². The van der Waals surface area contributed by atoms with Gasteiger partial charge >= 0.3 is 0 Å². The first-order chi connectivity index (χ1) is 8.15. The van der Waals surface area contributed by atoms with E-state index in [2.05, 4.69) is 48.2 Å². The Morgan fingerprint density at radius 2 is 2.29 bits per heavy atom. The number of pyridine rings is 1. The summed E-state index contributed by atoms with van der Waals surface area (Å²) in [6.45, 7) is 7.68. The van der Waals surface area contributed by atoms with Gasteiger partial charge in [-0.2, -0.15) is 0 Å². The number of nitrogens with zero attached hydrogens (tertiary/aromatic N) is 2. The quantitative estimate of drug-likeness (QED) is 0.863. The van der Waals surface area contributed by atoms with Gasteiger partial charge in [0.1, 0.15) is 0 Å². The van der Waals surface area contributed by atoms with E-state index >= 15 is 0 Å². The zero-order chi connectivity index (χ0) is 12.3. The van der Waals surface area contributed by atoms with Crippen LogP contribution in [0.4, 0.5) is 0 Å². The van der Waals surface area contributed by atoms with Gasteiger partial charge in [-0.15, -0.1) is 0 Å². The van der Waals surface area contributed by atoms with Crippen LogP contribution in [0.15, 0.2) is 18.3 Å². The van der Waals surface area contributed by atoms with Crippen molar-refractivity contribution < 1.29 is 0 Å². The van der Waals surface area contributed by atoms with Crippen LogP contribution in [0.5, 0.6) is 0 Å². The molecule has 2 unspecified atom stereocenters. The second-order valence-corrected chi connectivity index (χ2v) is 5.34. The van der Waals surface area contributed by atoms with E-state index in [0.717, 1.165) is 18.2 Å². The highest BCUT2D eigenvalue weighted by Crippen LogP contribution is 2.15. The molecule has 3 heteroatoms. The lowest BCUT2D eigenvalue weighted by molar-refractivity contribution is 0.174. The van der Waals surface area contributed by atoms with Gasteiger partial charge in [-0.25, -0.2) is 0 Å². The van der Waals surface area contributed by atoms with Crippen molar-refractivity contribution >= 4 is 0 Å². The first kappa shape index (κ1) is 12.5. The van der Waals surface area contributed by atoms with Crippen molar-refractivity contribution in [1.29, 1.82) is 0 Å². The molecule has 0 radical (unpaired) electrons. The van der Waals surface area contributed by atoms with Gasteiger partial charge in [0.2, 0.25) is 0 Å². The molecule has 94 valence electrons. The summed E-state index contributed by atoms with van der Waals surface area (Å²) in [5, 5.41) is 3.64. The van der Waals surface area contributed by atoms with Crippen LogP contribution in [0.25, 0.3) is 0 Å². The molecule has 1 fully saturated rings. The number of hydrogen-bond donors (Lipinski definition) is 1. The lowest BCUT2D eigenvalue weighted by atomic mass is 9.94. The molecule has 1 N–H and O–H groups in total. The van der Waals surface area contributed by atoms with E-state index in [4.69, 9.17) is 0 Å². The highest BCUT2D eigenvalue weighted by Gasteiger charge is 2.23. The minimum Gasteiger partial charge on any atom is -0.308 e. The molecule has 0 amide bonds. The van der Waals surface area contributed by atoms with Gasteiger partial charge < -0.3 is 10.2 Å². The molecular weight excluding hydrogens is 210 g/mol. The lowest BCUT2D eigenvalue weighted by Crippen LogP contribution is -2.46. The number of aromatic nitrogens is 1. The van der Waals surface area contributed by atoms with Crippen molar-refractivity contribution in [1.82, 2.24) is 15.2 Å². The summed E-state index contributed by atoms with van der Waals surface area (Å²) < 4.78 is 0. The molecule has 0 saturated carbocycles. The Labute approximate surface area is 104 Å². The SMILES string of the molecule is Cc1ccc(CNC2CCN(C)CC2C)nc1. The molecule has 1 saturated heterocycles. The zero-order valence-electron chi connectivity index (χ0n) is 11.1. The summed E-state index contributed by atoms with van der Waals surface area (Å²) in [6.07, 6.45) is 3.18. The Balaban J connectivity index is 1.83. The van der Waals surface area contributed by atoms with E-state index in [1.165, 1.54) is 25.1 Å².